The van der Waals surface area contributed by atoms with Crippen LogP contribution in [0.15, 0.2) is 91.3 Å². The highest BCUT2D eigenvalue weighted by Crippen LogP contribution is 2.45. The summed E-state index contributed by atoms with van der Waals surface area (Å²) in [5.41, 5.74) is 2.86. The van der Waals surface area contributed by atoms with Gasteiger partial charge in [-0.3, -0.25) is 9.48 Å². The number of carbonyl (C=O) groups is 1. The molecule has 1 spiro atoms. The summed E-state index contributed by atoms with van der Waals surface area (Å²) in [5.74, 6) is 0.497. The van der Waals surface area contributed by atoms with E-state index in [-0.39, 0.29) is 36.5 Å². The van der Waals surface area contributed by atoms with Crippen LogP contribution in [0.5, 0.6) is 23.0 Å². The molecule has 15 heteroatoms. The number of aromatic nitrogens is 2. The molecule has 1 amide bonds. The normalized spacial score (nSPS) is 14.9. The molecule has 1 aromatic heterocycles. The summed E-state index contributed by atoms with van der Waals surface area (Å²) in [4.78, 5) is 15.6. The average molecular weight is 921 g/mol. The fraction of sp³-hybridized carbons (Fsp3) is 0.440. The molecule has 348 valence electrons. The molecule has 0 bridgehead atoms. The Morgan fingerprint density at radius 1 is 0.892 bits per heavy atom. The number of aryl methyl sites for hydroxylation is 3. The standard InChI is InChI=1S/C50H57ClF4N4O6/c1-34(2)47(38-11-13-40(51)14-12-38)48(61)58-23-19-49(20-24-58)64-45-17-10-35(28-46(45)65-49)7-8-37-30-57-59(32-37)22-5-3-4-6-26-62-41-15-18-44(39(29-41)31-56-21-25-60)63-33-36-9-16-43(52)42(27-36)50(53,54)55/h9-18,27-30,32,34,47,56,60H,3-8,19-26,31,33H2,1-2H3/t47-/m0/s1. The van der Waals surface area contributed by atoms with Gasteiger partial charge in [0, 0.05) is 62.3 Å². The number of piperidine rings is 1. The number of rotatable bonds is 21. The monoisotopic (exact) mass is 920 g/mol. The van der Waals surface area contributed by atoms with Crippen molar-refractivity contribution in [3.05, 3.63) is 135 Å². The molecule has 2 aliphatic rings. The number of nitrogens with zero attached hydrogens (tertiary/aromatic N) is 3. The Bertz CT molecular complexity index is 2350. The number of amides is 1. The Hall–Kier alpha value is -5.31. The van der Waals surface area contributed by atoms with E-state index in [0.29, 0.717) is 67.7 Å². The second-order valence-corrected chi connectivity index (χ2v) is 17.6. The van der Waals surface area contributed by atoms with Crippen LogP contribution in [0.3, 0.4) is 0 Å². The van der Waals surface area contributed by atoms with Crippen LogP contribution in [0.2, 0.25) is 5.02 Å². The van der Waals surface area contributed by atoms with Crippen LogP contribution in [-0.4, -0.2) is 64.3 Å². The fourth-order valence-electron chi connectivity index (χ4n) is 8.38. The first-order valence-corrected chi connectivity index (χ1v) is 22.8. The van der Waals surface area contributed by atoms with Crippen molar-refractivity contribution in [2.75, 3.05) is 32.8 Å². The second-order valence-electron chi connectivity index (χ2n) is 17.1. The maximum atomic E-state index is 13.8. The number of unbranched alkanes of at least 4 members (excludes halogenated alkanes) is 3. The van der Waals surface area contributed by atoms with E-state index in [2.05, 4.69) is 42.6 Å². The minimum Gasteiger partial charge on any atom is -0.494 e. The van der Waals surface area contributed by atoms with Gasteiger partial charge < -0.3 is 34.3 Å². The molecule has 1 fully saturated rings. The van der Waals surface area contributed by atoms with Crippen molar-refractivity contribution in [2.24, 2.45) is 5.92 Å². The molecule has 0 aliphatic carbocycles. The minimum absolute atomic E-state index is 0.0619. The molecule has 65 heavy (non-hydrogen) atoms. The quantitative estimate of drug-likeness (QED) is 0.0554. The summed E-state index contributed by atoms with van der Waals surface area (Å²) in [7, 11) is 0. The number of nitrogens with one attached hydrogen (secondary N) is 1. The topological polar surface area (TPSA) is 107 Å². The van der Waals surface area contributed by atoms with E-state index < -0.39 is 23.3 Å². The summed E-state index contributed by atoms with van der Waals surface area (Å²) in [6, 6.07) is 21.8. The predicted octanol–water partition coefficient (Wildman–Crippen LogP) is 10.3. The smallest absolute Gasteiger partial charge is 0.419 e. The van der Waals surface area contributed by atoms with Gasteiger partial charge >= 0.3 is 6.18 Å². The Balaban J connectivity index is 0.802. The van der Waals surface area contributed by atoms with Crippen molar-refractivity contribution < 1.29 is 46.4 Å². The summed E-state index contributed by atoms with van der Waals surface area (Å²) in [6.07, 6.45) is 5.89. The third-order valence-electron chi connectivity index (χ3n) is 11.9. The molecule has 3 heterocycles. The molecular weight excluding hydrogens is 864 g/mol. The molecule has 4 aromatic carbocycles. The molecule has 2 N–H and O–H groups in total. The SMILES string of the molecule is CC(C)[C@H](C(=O)N1CCC2(CC1)Oc1ccc(CCc3cnn(CCCCCCOc4ccc(OCc5ccc(F)c(C(F)(F)F)c5)c(CNCCO)c4)c3)cc1O2)c1ccc(Cl)cc1. The van der Waals surface area contributed by atoms with E-state index in [0.717, 1.165) is 85.4 Å². The van der Waals surface area contributed by atoms with Crippen LogP contribution >= 0.6 is 11.6 Å². The summed E-state index contributed by atoms with van der Waals surface area (Å²) in [6.45, 7) is 7.04. The predicted molar refractivity (Wildman–Crippen MR) is 240 cm³/mol. The number of benzene rings is 4. The number of alkyl halides is 3. The van der Waals surface area contributed by atoms with Gasteiger partial charge in [0.15, 0.2) is 11.5 Å². The van der Waals surface area contributed by atoms with Crippen molar-refractivity contribution in [1.82, 2.24) is 20.0 Å². The van der Waals surface area contributed by atoms with E-state index >= 15 is 0 Å². The lowest BCUT2D eigenvalue weighted by Gasteiger charge is -2.39. The maximum absolute atomic E-state index is 13.8. The van der Waals surface area contributed by atoms with Gasteiger partial charge in [0.2, 0.25) is 5.91 Å². The van der Waals surface area contributed by atoms with Crippen LogP contribution in [0.1, 0.15) is 91.7 Å². The first-order chi connectivity index (χ1) is 31.3. The van der Waals surface area contributed by atoms with Crippen LogP contribution in [-0.2, 0) is 43.5 Å². The third kappa shape index (κ3) is 12.7. The van der Waals surface area contributed by atoms with E-state index in [1.165, 1.54) is 6.07 Å². The van der Waals surface area contributed by atoms with Gasteiger partial charge in [0.1, 0.15) is 23.9 Å². The van der Waals surface area contributed by atoms with Crippen molar-refractivity contribution in [3.63, 3.8) is 0 Å². The lowest BCUT2D eigenvalue weighted by Crippen LogP contribution is -2.52. The molecule has 0 saturated carbocycles. The first-order valence-electron chi connectivity index (χ1n) is 22.4. The van der Waals surface area contributed by atoms with Crippen LogP contribution in [0, 0.1) is 11.7 Å². The number of halogens is 5. The Morgan fingerprint density at radius 3 is 2.38 bits per heavy atom. The van der Waals surface area contributed by atoms with Crippen molar-refractivity contribution in [3.8, 4) is 23.0 Å². The van der Waals surface area contributed by atoms with Crippen LogP contribution in [0.4, 0.5) is 17.6 Å². The second kappa shape index (κ2) is 21.8. The zero-order valence-corrected chi connectivity index (χ0v) is 37.6. The van der Waals surface area contributed by atoms with Gasteiger partial charge in [0.05, 0.1) is 30.9 Å². The Labute approximate surface area is 382 Å². The zero-order valence-electron chi connectivity index (χ0n) is 36.8. The molecule has 1 atom stereocenters. The number of ether oxygens (including phenoxy) is 4. The Kier molecular flexibility index (Phi) is 16.0. The first kappa shape index (κ1) is 47.6. The van der Waals surface area contributed by atoms with Gasteiger partial charge in [-0.05, 0) is 115 Å². The number of fused-ring (bicyclic) bond motifs is 1. The average Bonchev–Trinajstić information content (AvgIpc) is 3.89. The summed E-state index contributed by atoms with van der Waals surface area (Å²) in [5, 5.41) is 17.6. The lowest BCUT2D eigenvalue weighted by molar-refractivity contribution is -0.148. The highest BCUT2D eigenvalue weighted by molar-refractivity contribution is 6.30. The number of hydrogen-bond donors (Lipinski definition) is 2. The van der Waals surface area contributed by atoms with Crippen LogP contribution < -0.4 is 24.3 Å². The fourth-order valence-corrected chi connectivity index (χ4v) is 8.50. The lowest BCUT2D eigenvalue weighted by atomic mass is 9.86. The highest BCUT2D eigenvalue weighted by Gasteiger charge is 2.46. The van der Waals surface area contributed by atoms with Gasteiger partial charge in [-0.1, -0.05) is 56.1 Å². The van der Waals surface area contributed by atoms with Gasteiger partial charge in [-0.15, -0.1) is 0 Å². The minimum atomic E-state index is -4.81. The number of aliphatic hydroxyl groups is 1. The highest BCUT2D eigenvalue weighted by atomic mass is 35.5. The van der Waals surface area contributed by atoms with Gasteiger partial charge in [-0.25, -0.2) is 4.39 Å². The molecular formula is C50H57ClF4N4O6. The molecule has 1 saturated heterocycles. The van der Waals surface area contributed by atoms with Crippen molar-refractivity contribution in [1.29, 1.82) is 0 Å². The molecule has 7 rings (SSSR count). The van der Waals surface area contributed by atoms with Gasteiger partial charge in [-0.2, -0.15) is 18.3 Å². The van der Waals surface area contributed by atoms with E-state index in [9.17, 15) is 27.5 Å². The molecule has 5 aromatic rings. The van der Waals surface area contributed by atoms with Crippen molar-refractivity contribution in [2.45, 2.75) is 103 Å². The summed E-state index contributed by atoms with van der Waals surface area (Å²) >= 11 is 6.11. The van der Waals surface area contributed by atoms with E-state index in [1.54, 1.807) is 12.1 Å². The number of carbonyl (C=O) groups excluding carboxylic acids is 1. The van der Waals surface area contributed by atoms with Crippen LogP contribution in [0.25, 0.3) is 0 Å². The van der Waals surface area contributed by atoms with E-state index in [4.69, 9.17) is 30.5 Å². The van der Waals surface area contributed by atoms with Gasteiger partial charge in [0.25, 0.3) is 5.79 Å². The van der Waals surface area contributed by atoms with Crippen molar-refractivity contribution >= 4 is 17.5 Å². The van der Waals surface area contributed by atoms with E-state index in [1.807, 2.05) is 52.2 Å². The molecule has 10 nitrogen and oxygen atoms in total. The molecule has 2 aliphatic heterocycles. The largest absolute Gasteiger partial charge is 0.494 e. The zero-order chi connectivity index (χ0) is 46.0. The summed E-state index contributed by atoms with van der Waals surface area (Å²) < 4.78 is 80.1. The number of hydrogen-bond acceptors (Lipinski definition) is 8. The molecule has 0 radical (unpaired) electrons. The Morgan fingerprint density at radius 2 is 1.63 bits per heavy atom. The number of likely N-dealkylation sites (tertiary alicyclic amines) is 1. The molecule has 0 unspecified atom stereocenters. The number of aliphatic hydroxyl groups excluding tert-OH is 1. The maximum Gasteiger partial charge on any atom is 0.419 e. The third-order valence-corrected chi connectivity index (χ3v) is 12.2.